The summed E-state index contributed by atoms with van der Waals surface area (Å²) in [4.78, 5) is 0. The van der Waals surface area contributed by atoms with Crippen LogP contribution in [0.1, 0.15) is 6.92 Å². The van der Waals surface area contributed by atoms with Crippen LogP contribution in [0.25, 0.3) is 0 Å². The van der Waals surface area contributed by atoms with Crippen molar-refractivity contribution in [1.82, 2.24) is 5.43 Å². The van der Waals surface area contributed by atoms with Crippen molar-refractivity contribution in [2.75, 3.05) is 6.54 Å². The Bertz CT molecular complexity index is 113. The molecule has 0 amide bonds. The highest BCUT2D eigenvalue weighted by atomic mass is 15.3. The third-order valence-corrected chi connectivity index (χ3v) is 0.883. The van der Waals surface area contributed by atoms with E-state index in [2.05, 4.69) is 17.5 Å². The first-order valence-electron chi connectivity index (χ1n) is 2.31. The minimum Gasteiger partial charge on any atom is -0.306 e. The van der Waals surface area contributed by atoms with Gasteiger partial charge in [-0.05, 0) is 13.0 Å². The lowest BCUT2D eigenvalue weighted by atomic mass is 10.3. The predicted octanol–water partition coefficient (Wildman–Crippen LogP) is 0.522. The van der Waals surface area contributed by atoms with Crippen LogP contribution in [-0.4, -0.2) is 12.8 Å². The van der Waals surface area contributed by atoms with Gasteiger partial charge in [0.2, 0.25) is 0 Å². The number of hydrogen-bond donors (Lipinski definition) is 1. The van der Waals surface area contributed by atoms with E-state index >= 15 is 0 Å². The number of allylic oxidation sites excluding steroid dienone is 1. The van der Waals surface area contributed by atoms with E-state index in [1.165, 1.54) is 5.57 Å². The fraction of sp³-hybridized carbons (Fsp3) is 0.400. The Kier molecular flexibility index (Phi) is 1.11. The van der Waals surface area contributed by atoms with Crippen LogP contribution in [0, 0.1) is 0 Å². The molecule has 0 aromatic rings. The van der Waals surface area contributed by atoms with Crippen LogP contribution >= 0.6 is 0 Å². The molecule has 0 saturated heterocycles. The summed E-state index contributed by atoms with van der Waals surface area (Å²) >= 11 is 0. The van der Waals surface area contributed by atoms with Crippen LogP contribution in [0.2, 0.25) is 0 Å². The van der Waals surface area contributed by atoms with E-state index in [9.17, 15) is 0 Å². The van der Waals surface area contributed by atoms with E-state index in [0.717, 1.165) is 6.54 Å². The molecule has 0 atom stereocenters. The fourth-order valence-corrected chi connectivity index (χ4v) is 0.446. The van der Waals surface area contributed by atoms with Gasteiger partial charge in [-0.3, -0.25) is 0 Å². The van der Waals surface area contributed by atoms with E-state index in [4.69, 9.17) is 0 Å². The maximum Gasteiger partial charge on any atom is 0.0540 e. The average molecular weight is 96.1 g/mol. The summed E-state index contributed by atoms with van der Waals surface area (Å²) in [6.45, 7) is 2.97. The lowest BCUT2D eigenvalue weighted by molar-refractivity contribution is 0.793. The van der Waals surface area contributed by atoms with Gasteiger partial charge in [0.15, 0.2) is 0 Å². The molecule has 1 rings (SSSR count). The minimum absolute atomic E-state index is 0.899. The molecule has 0 saturated carbocycles. The van der Waals surface area contributed by atoms with E-state index in [-0.39, 0.29) is 0 Å². The smallest absolute Gasteiger partial charge is 0.0540 e. The molecule has 1 aliphatic rings. The van der Waals surface area contributed by atoms with Crippen molar-refractivity contribution >= 4 is 6.21 Å². The van der Waals surface area contributed by atoms with Gasteiger partial charge in [0.25, 0.3) is 0 Å². The van der Waals surface area contributed by atoms with Crippen molar-refractivity contribution in [3.63, 3.8) is 0 Å². The second kappa shape index (κ2) is 1.78. The van der Waals surface area contributed by atoms with Gasteiger partial charge in [0.05, 0.1) is 6.54 Å². The van der Waals surface area contributed by atoms with Crippen molar-refractivity contribution in [2.24, 2.45) is 5.10 Å². The van der Waals surface area contributed by atoms with Gasteiger partial charge in [0.1, 0.15) is 0 Å². The van der Waals surface area contributed by atoms with Crippen LogP contribution < -0.4 is 5.43 Å². The molecule has 1 N–H and O–H groups in total. The first-order chi connectivity index (χ1) is 3.39. The van der Waals surface area contributed by atoms with E-state index in [1.54, 1.807) is 6.21 Å². The third kappa shape index (κ3) is 1.03. The van der Waals surface area contributed by atoms with Crippen LogP contribution in [0.4, 0.5) is 0 Å². The Morgan fingerprint density at radius 3 is 3.00 bits per heavy atom. The van der Waals surface area contributed by atoms with Gasteiger partial charge in [-0.1, -0.05) is 5.57 Å². The molecule has 2 nitrogen and oxygen atoms in total. The number of hydrogen-bond acceptors (Lipinski definition) is 2. The lowest BCUT2D eigenvalue weighted by Gasteiger charge is -2.01. The number of hydrazone groups is 1. The Hall–Kier alpha value is -0.790. The molecule has 2 heteroatoms. The molecule has 0 spiro atoms. The Morgan fingerprint density at radius 2 is 2.71 bits per heavy atom. The first-order valence-corrected chi connectivity index (χ1v) is 2.31. The van der Waals surface area contributed by atoms with Crippen molar-refractivity contribution in [3.05, 3.63) is 11.6 Å². The zero-order chi connectivity index (χ0) is 5.11. The summed E-state index contributed by atoms with van der Waals surface area (Å²) in [5.41, 5.74) is 4.16. The summed E-state index contributed by atoms with van der Waals surface area (Å²) in [6, 6.07) is 0. The third-order valence-electron chi connectivity index (χ3n) is 0.883. The van der Waals surface area contributed by atoms with Crippen LogP contribution in [0.5, 0.6) is 0 Å². The van der Waals surface area contributed by atoms with Crippen molar-refractivity contribution in [3.8, 4) is 0 Å². The van der Waals surface area contributed by atoms with E-state index in [0.29, 0.717) is 0 Å². The highest BCUT2D eigenvalue weighted by Gasteiger charge is 1.87. The van der Waals surface area contributed by atoms with Crippen LogP contribution in [0.15, 0.2) is 16.8 Å². The molecule has 7 heavy (non-hydrogen) atoms. The molecule has 0 unspecified atom stereocenters. The Labute approximate surface area is 42.9 Å². The molecule has 1 heterocycles. The maximum absolute atomic E-state index is 3.78. The Balaban J connectivity index is 2.57. The predicted molar refractivity (Wildman–Crippen MR) is 30.3 cm³/mol. The molecule has 0 aliphatic carbocycles. The summed E-state index contributed by atoms with van der Waals surface area (Å²) in [6.07, 6.45) is 3.76. The molecule has 0 bridgehead atoms. The molecule has 0 aromatic heterocycles. The van der Waals surface area contributed by atoms with Crippen molar-refractivity contribution in [1.29, 1.82) is 0 Å². The molecule has 38 valence electrons. The average Bonchev–Trinajstić information content (AvgIpc) is 1.69. The number of rotatable bonds is 0. The summed E-state index contributed by atoms with van der Waals surface area (Å²) in [5.74, 6) is 0. The van der Waals surface area contributed by atoms with Gasteiger partial charge in [-0.15, -0.1) is 0 Å². The number of nitrogens with one attached hydrogen (secondary N) is 1. The van der Waals surface area contributed by atoms with E-state index < -0.39 is 0 Å². The normalized spacial score (nSPS) is 18.1. The second-order valence-corrected chi connectivity index (χ2v) is 1.63. The molecular weight excluding hydrogens is 88.1 g/mol. The van der Waals surface area contributed by atoms with Gasteiger partial charge < -0.3 is 5.43 Å². The van der Waals surface area contributed by atoms with Crippen molar-refractivity contribution < 1.29 is 0 Å². The first kappa shape index (κ1) is 4.37. The van der Waals surface area contributed by atoms with Gasteiger partial charge >= 0.3 is 0 Å². The van der Waals surface area contributed by atoms with Crippen LogP contribution in [0.3, 0.4) is 0 Å². The highest BCUT2D eigenvalue weighted by molar-refractivity contribution is 5.72. The molecule has 0 fully saturated rings. The molecular formula is C5H8N2. The molecule has 0 radical (unpaired) electrons. The van der Waals surface area contributed by atoms with Gasteiger partial charge in [0, 0.05) is 6.21 Å². The SMILES string of the molecule is CC1=CC=NNC1. The highest BCUT2D eigenvalue weighted by Crippen LogP contribution is 1.89. The van der Waals surface area contributed by atoms with Crippen LogP contribution in [-0.2, 0) is 0 Å². The second-order valence-electron chi connectivity index (χ2n) is 1.63. The number of nitrogens with zero attached hydrogens (tertiary/aromatic N) is 1. The Morgan fingerprint density at radius 1 is 1.86 bits per heavy atom. The summed E-state index contributed by atoms with van der Waals surface area (Å²) < 4.78 is 0. The van der Waals surface area contributed by atoms with Gasteiger partial charge in [-0.25, -0.2) is 0 Å². The molecule has 0 aromatic carbocycles. The fourth-order valence-electron chi connectivity index (χ4n) is 0.446. The minimum atomic E-state index is 0.899. The topological polar surface area (TPSA) is 24.4 Å². The van der Waals surface area contributed by atoms with Gasteiger partial charge in [-0.2, -0.15) is 5.10 Å². The summed E-state index contributed by atoms with van der Waals surface area (Å²) in [7, 11) is 0. The largest absolute Gasteiger partial charge is 0.306 e. The maximum atomic E-state index is 3.78. The van der Waals surface area contributed by atoms with Crippen molar-refractivity contribution in [2.45, 2.75) is 6.92 Å². The zero-order valence-electron chi connectivity index (χ0n) is 4.31. The quantitative estimate of drug-likeness (QED) is 0.467. The van der Waals surface area contributed by atoms with E-state index in [1.807, 2.05) is 6.08 Å². The lowest BCUT2D eigenvalue weighted by Crippen LogP contribution is -2.11. The zero-order valence-corrected chi connectivity index (χ0v) is 4.31. The standard InChI is InChI=1S/C5H8N2/c1-5-2-3-6-7-4-5/h2-3,7H,4H2,1H3. The molecule has 1 aliphatic heterocycles. The monoisotopic (exact) mass is 96.1 g/mol. The summed E-state index contributed by atoms with van der Waals surface area (Å²) in [5, 5.41) is 3.78.